The fraction of sp³-hybridized carbons (Fsp3) is 0.600. The van der Waals surface area contributed by atoms with Crippen LogP contribution in [0.4, 0.5) is 0 Å². The molecule has 0 radical (unpaired) electrons. The highest BCUT2D eigenvalue weighted by atomic mass is 79.9. The van der Waals surface area contributed by atoms with Crippen LogP contribution in [0.3, 0.4) is 0 Å². The van der Waals surface area contributed by atoms with Gasteiger partial charge in [0.05, 0.1) is 11.6 Å². The van der Waals surface area contributed by atoms with Gasteiger partial charge in [0, 0.05) is 12.0 Å². The van der Waals surface area contributed by atoms with E-state index in [0.717, 1.165) is 29.9 Å². The van der Waals surface area contributed by atoms with Crippen molar-refractivity contribution >= 4 is 15.9 Å². The van der Waals surface area contributed by atoms with Gasteiger partial charge in [0.1, 0.15) is 5.75 Å². The lowest BCUT2D eigenvalue weighted by atomic mass is 9.84. The molecule has 3 nitrogen and oxygen atoms in total. The van der Waals surface area contributed by atoms with Crippen molar-refractivity contribution in [2.75, 3.05) is 26.7 Å². The molecule has 19 heavy (non-hydrogen) atoms. The maximum atomic E-state index is 5.62. The Morgan fingerprint density at radius 2 is 2.11 bits per heavy atom. The minimum atomic E-state index is 0.0725. The van der Waals surface area contributed by atoms with E-state index in [4.69, 9.17) is 10.5 Å². The van der Waals surface area contributed by atoms with E-state index in [1.54, 1.807) is 7.11 Å². The van der Waals surface area contributed by atoms with E-state index in [1.165, 1.54) is 5.56 Å². The highest BCUT2D eigenvalue weighted by Crippen LogP contribution is 2.31. The third kappa shape index (κ3) is 4.79. The van der Waals surface area contributed by atoms with Gasteiger partial charge in [-0.15, -0.1) is 0 Å². The zero-order chi connectivity index (χ0) is 14.5. The summed E-state index contributed by atoms with van der Waals surface area (Å²) in [5, 5.41) is 3.50. The second-order valence-corrected chi connectivity index (χ2v) is 6.56. The fourth-order valence-corrected chi connectivity index (χ4v) is 2.44. The molecule has 108 valence electrons. The summed E-state index contributed by atoms with van der Waals surface area (Å²) in [4.78, 5) is 0. The SMILES string of the molecule is COc1ccc(C(C)(C)CNCC(C)CN)cc1Br. The highest BCUT2D eigenvalue weighted by Gasteiger charge is 2.21. The van der Waals surface area contributed by atoms with E-state index in [1.807, 2.05) is 6.07 Å². The van der Waals surface area contributed by atoms with Gasteiger partial charge in [0.25, 0.3) is 0 Å². The minimum absolute atomic E-state index is 0.0725. The quantitative estimate of drug-likeness (QED) is 0.809. The zero-order valence-electron chi connectivity index (χ0n) is 12.3. The standard InChI is InChI=1S/C15H25BrN2O/c1-11(8-17)9-18-10-15(2,3)12-5-6-14(19-4)13(16)7-12/h5-7,11,18H,8-10,17H2,1-4H3. The molecule has 0 bridgehead atoms. The monoisotopic (exact) mass is 328 g/mol. The van der Waals surface area contributed by atoms with Crippen molar-refractivity contribution in [2.45, 2.75) is 26.2 Å². The summed E-state index contributed by atoms with van der Waals surface area (Å²) < 4.78 is 6.26. The van der Waals surface area contributed by atoms with E-state index < -0.39 is 0 Å². The van der Waals surface area contributed by atoms with Gasteiger partial charge in [0.2, 0.25) is 0 Å². The van der Waals surface area contributed by atoms with Crippen LogP contribution in [0.5, 0.6) is 5.75 Å². The van der Waals surface area contributed by atoms with Crippen LogP contribution in [0, 0.1) is 5.92 Å². The molecule has 0 aliphatic heterocycles. The molecule has 0 saturated carbocycles. The molecule has 0 spiro atoms. The number of benzene rings is 1. The Bertz CT molecular complexity index is 407. The van der Waals surface area contributed by atoms with E-state index >= 15 is 0 Å². The Morgan fingerprint density at radius 1 is 1.42 bits per heavy atom. The molecule has 0 aliphatic carbocycles. The molecule has 1 aromatic carbocycles. The maximum absolute atomic E-state index is 5.62. The molecule has 0 heterocycles. The maximum Gasteiger partial charge on any atom is 0.133 e. The fourth-order valence-electron chi connectivity index (χ4n) is 1.90. The lowest BCUT2D eigenvalue weighted by molar-refractivity contribution is 0.409. The van der Waals surface area contributed by atoms with Crippen LogP contribution >= 0.6 is 15.9 Å². The van der Waals surface area contributed by atoms with Crippen LogP contribution in [-0.4, -0.2) is 26.7 Å². The van der Waals surface area contributed by atoms with Crippen molar-refractivity contribution in [3.8, 4) is 5.75 Å². The first-order chi connectivity index (χ1) is 8.90. The Labute approximate surface area is 125 Å². The van der Waals surface area contributed by atoms with Gasteiger partial charge in [-0.2, -0.15) is 0 Å². The molecule has 0 amide bonds. The molecule has 0 aromatic heterocycles. The van der Waals surface area contributed by atoms with Crippen LogP contribution in [0.25, 0.3) is 0 Å². The van der Waals surface area contributed by atoms with Gasteiger partial charge in [-0.05, 0) is 52.6 Å². The molecular formula is C15H25BrN2O. The van der Waals surface area contributed by atoms with Gasteiger partial charge >= 0.3 is 0 Å². The van der Waals surface area contributed by atoms with Gasteiger partial charge in [-0.3, -0.25) is 0 Å². The van der Waals surface area contributed by atoms with Gasteiger partial charge in [0.15, 0.2) is 0 Å². The summed E-state index contributed by atoms with van der Waals surface area (Å²) in [5.74, 6) is 1.38. The first-order valence-corrected chi connectivity index (χ1v) is 7.45. The lowest BCUT2D eigenvalue weighted by Gasteiger charge is -2.27. The van der Waals surface area contributed by atoms with Crippen molar-refractivity contribution < 1.29 is 4.74 Å². The Kier molecular flexibility index (Phi) is 6.30. The van der Waals surface area contributed by atoms with Gasteiger partial charge in [-0.1, -0.05) is 26.8 Å². The van der Waals surface area contributed by atoms with E-state index in [0.29, 0.717) is 5.92 Å². The molecule has 1 unspecified atom stereocenters. The summed E-state index contributed by atoms with van der Waals surface area (Å²) in [6, 6.07) is 6.26. The number of nitrogens with two attached hydrogens (primary N) is 1. The molecule has 0 fully saturated rings. The summed E-state index contributed by atoms with van der Waals surface area (Å²) in [7, 11) is 1.68. The first kappa shape index (κ1) is 16.5. The first-order valence-electron chi connectivity index (χ1n) is 6.65. The number of hydrogen-bond donors (Lipinski definition) is 2. The minimum Gasteiger partial charge on any atom is -0.496 e. The smallest absolute Gasteiger partial charge is 0.133 e. The van der Waals surface area contributed by atoms with Crippen LogP contribution in [0.1, 0.15) is 26.3 Å². The van der Waals surface area contributed by atoms with Gasteiger partial charge < -0.3 is 15.8 Å². The molecule has 1 aromatic rings. The number of halogens is 1. The topological polar surface area (TPSA) is 47.3 Å². The lowest BCUT2D eigenvalue weighted by Crippen LogP contribution is -2.36. The Hall–Kier alpha value is -0.580. The average Bonchev–Trinajstić information content (AvgIpc) is 2.38. The number of rotatable bonds is 7. The average molecular weight is 329 g/mol. The summed E-state index contributed by atoms with van der Waals surface area (Å²) in [6.45, 7) is 9.24. The zero-order valence-corrected chi connectivity index (χ0v) is 13.9. The van der Waals surface area contributed by atoms with E-state index in [-0.39, 0.29) is 5.41 Å². The Balaban J connectivity index is 2.68. The van der Waals surface area contributed by atoms with Crippen molar-refractivity contribution in [1.82, 2.24) is 5.32 Å². The second-order valence-electron chi connectivity index (χ2n) is 5.70. The van der Waals surface area contributed by atoms with E-state index in [2.05, 4.69) is 54.2 Å². The van der Waals surface area contributed by atoms with Crippen LogP contribution in [0.15, 0.2) is 22.7 Å². The van der Waals surface area contributed by atoms with Crippen LogP contribution in [-0.2, 0) is 5.41 Å². The van der Waals surface area contributed by atoms with Crippen LogP contribution in [0.2, 0.25) is 0 Å². The second kappa shape index (κ2) is 7.27. The molecular weight excluding hydrogens is 304 g/mol. The van der Waals surface area contributed by atoms with Crippen molar-refractivity contribution in [2.24, 2.45) is 11.7 Å². The Morgan fingerprint density at radius 3 is 2.63 bits per heavy atom. The molecule has 4 heteroatoms. The third-order valence-electron chi connectivity index (χ3n) is 3.40. The van der Waals surface area contributed by atoms with Gasteiger partial charge in [-0.25, -0.2) is 0 Å². The summed E-state index contributed by atoms with van der Waals surface area (Å²) >= 11 is 3.54. The highest BCUT2D eigenvalue weighted by molar-refractivity contribution is 9.10. The van der Waals surface area contributed by atoms with Crippen LogP contribution < -0.4 is 15.8 Å². The van der Waals surface area contributed by atoms with Crippen molar-refractivity contribution in [3.05, 3.63) is 28.2 Å². The van der Waals surface area contributed by atoms with Crippen molar-refractivity contribution in [3.63, 3.8) is 0 Å². The molecule has 0 aliphatic rings. The molecule has 0 saturated heterocycles. The predicted molar refractivity (Wildman–Crippen MR) is 84.8 cm³/mol. The molecule has 3 N–H and O–H groups in total. The summed E-state index contributed by atoms with van der Waals surface area (Å²) in [5.41, 5.74) is 6.98. The number of methoxy groups -OCH3 is 1. The predicted octanol–water partition coefficient (Wildman–Crippen LogP) is 2.92. The third-order valence-corrected chi connectivity index (χ3v) is 4.02. The molecule has 1 atom stereocenters. The van der Waals surface area contributed by atoms with Crippen molar-refractivity contribution in [1.29, 1.82) is 0 Å². The molecule has 1 rings (SSSR count). The number of hydrogen-bond acceptors (Lipinski definition) is 3. The number of ether oxygens (including phenoxy) is 1. The largest absolute Gasteiger partial charge is 0.496 e. The normalized spacial score (nSPS) is 13.4. The number of nitrogens with one attached hydrogen (secondary N) is 1. The summed E-state index contributed by atoms with van der Waals surface area (Å²) in [6.07, 6.45) is 0. The van der Waals surface area contributed by atoms with E-state index in [9.17, 15) is 0 Å².